The monoisotopic (exact) mass is 293 g/mol. The minimum atomic E-state index is -0.935. The second kappa shape index (κ2) is 5.99. The normalized spacial score (nSPS) is 21.7. The average Bonchev–Trinajstić information content (AvgIpc) is 3.10. The molecule has 7 nitrogen and oxygen atoms in total. The van der Waals surface area contributed by atoms with Gasteiger partial charge in [0.15, 0.2) is 5.72 Å². The third kappa shape index (κ3) is 2.91. The van der Waals surface area contributed by atoms with E-state index in [1.54, 1.807) is 32.9 Å². The maximum absolute atomic E-state index is 12.7. The molecule has 2 atom stereocenters. The number of ether oxygens (including phenoxy) is 2. The van der Waals surface area contributed by atoms with Gasteiger partial charge >= 0.3 is 12.0 Å². The number of esters is 1. The lowest BCUT2D eigenvalue weighted by Crippen LogP contribution is -2.57. The van der Waals surface area contributed by atoms with E-state index in [1.165, 1.54) is 28.2 Å². The Balaban J connectivity index is 2.30. The van der Waals surface area contributed by atoms with Crippen LogP contribution in [0, 0.1) is 0 Å². The van der Waals surface area contributed by atoms with Gasteiger partial charge < -0.3 is 9.47 Å². The number of rotatable bonds is 4. The number of nitrogens with zero attached hydrogens (tertiary/aromatic N) is 3. The van der Waals surface area contributed by atoms with Crippen LogP contribution in [-0.2, 0) is 14.3 Å². The molecule has 0 aliphatic carbocycles. The molecular formula is C14H19N3O4. The Morgan fingerprint density at radius 1 is 1.57 bits per heavy atom. The quantitative estimate of drug-likeness (QED) is 0.791. The summed E-state index contributed by atoms with van der Waals surface area (Å²) in [4.78, 5) is 26.1. The van der Waals surface area contributed by atoms with E-state index in [1.807, 2.05) is 0 Å². The van der Waals surface area contributed by atoms with Gasteiger partial charge in [0.05, 0.1) is 12.9 Å². The zero-order valence-corrected chi connectivity index (χ0v) is 12.4. The van der Waals surface area contributed by atoms with E-state index in [2.05, 4.69) is 5.10 Å². The van der Waals surface area contributed by atoms with Crippen LogP contribution in [0.15, 0.2) is 30.8 Å². The summed E-state index contributed by atoms with van der Waals surface area (Å²) in [6.45, 7) is 5.35. The Bertz CT molecular complexity index is 530. The van der Waals surface area contributed by atoms with Crippen molar-refractivity contribution in [2.24, 2.45) is 0 Å². The van der Waals surface area contributed by atoms with Gasteiger partial charge in [-0.25, -0.2) is 9.59 Å². The molecule has 1 aliphatic heterocycles. The average molecular weight is 293 g/mol. The lowest BCUT2D eigenvalue weighted by atomic mass is 10.1. The van der Waals surface area contributed by atoms with Crippen LogP contribution in [0.25, 0.3) is 0 Å². The van der Waals surface area contributed by atoms with Gasteiger partial charge in [-0.2, -0.15) is 9.78 Å². The first-order chi connectivity index (χ1) is 9.99. The van der Waals surface area contributed by atoms with E-state index in [-0.39, 0.29) is 6.61 Å². The van der Waals surface area contributed by atoms with Crippen LogP contribution in [-0.4, -0.2) is 45.1 Å². The molecule has 2 unspecified atom stereocenters. The van der Waals surface area contributed by atoms with E-state index in [9.17, 15) is 9.59 Å². The molecule has 1 aromatic heterocycles. The van der Waals surface area contributed by atoms with Crippen molar-refractivity contribution in [1.82, 2.24) is 14.7 Å². The summed E-state index contributed by atoms with van der Waals surface area (Å²) in [5.74, 6) is -0.477. The highest BCUT2D eigenvalue weighted by Gasteiger charge is 2.44. The zero-order chi connectivity index (χ0) is 15.5. The van der Waals surface area contributed by atoms with Crippen molar-refractivity contribution < 1.29 is 19.1 Å². The second-order valence-electron chi connectivity index (χ2n) is 4.90. The van der Waals surface area contributed by atoms with Crippen LogP contribution in [0.4, 0.5) is 4.79 Å². The zero-order valence-electron chi connectivity index (χ0n) is 12.4. The molecule has 7 heteroatoms. The van der Waals surface area contributed by atoms with Gasteiger partial charge in [0.1, 0.15) is 6.04 Å². The third-order valence-corrected chi connectivity index (χ3v) is 3.35. The van der Waals surface area contributed by atoms with Gasteiger partial charge in [-0.1, -0.05) is 0 Å². The first-order valence-electron chi connectivity index (χ1n) is 6.82. The fourth-order valence-corrected chi connectivity index (χ4v) is 2.30. The molecule has 0 fully saturated rings. The van der Waals surface area contributed by atoms with E-state index >= 15 is 0 Å². The standard InChI is InChI=1S/C14H19N3O4/c1-4-20-12(18)11(2)17(14(3)7-5-10-21-14)13(19)16-9-6-8-15-16/h5-6,8-11H,4,7H2,1-3H3. The van der Waals surface area contributed by atoms with Crippen LogP contribution in [0.3, 0.4) is 0 Å². The van der Waals surface area contributed by atoms with Crippen molar-refractivity contribution in [2.75, 3.05) is 6.61 Å². The van der Waals surface area contributed by atoms with E-state index in [4.69, 9.17) is 9.47 Å². The van der Waals surface area contributed by atoms with Crippen LogP contribution in [0.2, 0.25) is 0 Å². The summed E-state index contributed by atoms with van der Waals surface area (Å²) in [6, 6.07) is 0.416. The summed E-state index contributed by atoms with van der Waals surface area (Å²) in [7, 11) is 0. The molecule has 0 spiro atoms. The molecule has 2 heterocycles. The molecule has 1 aliphatic rings. The minimum absolute atomic E-state index is 0.253. The minimum Gasteiger partial charge on any atom is -0.476 e. The molecule has 114 valence electrons. The smallest absolute Gasteiger partial charge is 0.348 e. The summed E-state index contributed by atoms with van der Waals surface area (Å²) < 4.78 is 11.7. The van der Waals surface area contributed by atoms with Crippen molar-refractivity contribution in [3.63, 3.8) is 0 Å². The predicted octanol–water partition coefficient (Wildman–Crippen LogP) is 1.76. The van der Waals surface area contributed by atoms with E-state index in [0.29, 0.717) is 6.42 Å². The lowest BCUT2D eigenvalue weighted by Gasteiger charge is -2.39. The Morgan fingerprint density at radius 2 is 2.33 bits per heavy atom. The second-order valence-corrected chi connectivity index (χ2v) is 4.90. The molecule has 0 radical (unpaired) electrons. The summed E-state index contributed by atoms with van der Waals surface area (Å²) in [5.41, 5.74) is -0.935. The molecule has 1 aromatic rings. The topological polar surface area (TPSA) is 73.7 Å². The highest BCUT2D eigenvalue weighted by molar-refractivity contribution is 5.84. The van der Waals surface area contributed by atoms with E-state index in [0.717, 1.165) is 0 Å². The summed E-state index contributed by atoms with van der Waals surface area (Å²) >= 11 is 0. The maximum Gasteiger partial charge on any atom is 0.348 e. The molecule has 0 N–H and O–H groups in total. The Morgan fingerprint density at radius 3 is 2.86 bits per heavy atom. The van der Waals surface area contributed by atoms with Crippen LogP contribution in [0.1, 0.15) is 27.2 Å². The van der Waals surface area contributed by atoms with Gasteiger partial charge in [0.2, 0.25) is 0 Å². The third-order valence-electron chi connectivity index (χ3n) is 3.35. The van der Waals surface area contributed by atoms with Crippen molar-refractivity contribution >= 4 is 12.0 Å². The number of amides is 1. The van der Waals surface area contributed by atoms with Crippen molar-refractivity contribution in [3.8, 4) is 0 Å². The highest BCUT2D eigenvalue weighted by Crippen LogP contribution is 2.30. The molecule has 0 saturated heterocycles. The first-order valence-corrected chi connectivity index (χ1v) is 6.82. The number of aromatic nitrogens is 2. The van der Waals surface area contributed by atoms with Gasteiger partial charge in [-0.15, -0.1) is 0 Å². The Hall–Kier alpha value is -2.31. The fraction of sp³-hybridized carbons (Fsp3) is 0.500. The molecule has 0 aromatic carbocycles. The number of carbonyl (C=O) groups excluding carboxylic acids is 2. The van der Waals surface area contributed by atoms with Crippen LogP contribution >= 0.6 is 0 Å². The number of carbonyl (C=O) groups is 2. The molecule has 1 amide bonds. The van der Waals surface area contributed by atoms with Gasteiger partial charge in [0.25, 0.3) is 0 Å². The van der Waals surface area contributed by atoms with Gasteiger partial charge in [-0.3, -0.25) is 4.90 Å². The van der Waals surface area contributed by atoms with Crippen molar-refractivity contribution in [2.45, 2.75) is 39.0 Å². The molecular weight excluding hydrogens is 274 g/mol. The maximum atomic E-state index is 12.7. The summed E-state index contributed by atoms with van der Waals surface area (Å²) in [5, 5.41) is 3.92. The van der Waals surface area contributed by atoms with E-state index < -0.39 is 23.8 Å². The van der Waals surface area contributed by atoms with Crippen LogP contribution in [0.5, 0.6) is 0 Å². The molecule has 2 rings (SSSR count). The van der Waals surface area contributed by atoms with Crippen molar-refractivity contribution in [1.29, 1.82) is 0 Å². The number of hydrogen-bond acceptors (Lipinski definition) is 5. The highest BCUT2D eigenvalue weighted by atomic mass is 16.5. The predicted molar refractivity (Wildman–Crippen MR) is 74.2 cm³/mol. The fourth-order valence-electron chi connectivity index (χ4n) is 2.30. The molecule has 0 bridgehead atoms. The molecule has 0 saturated carbocycles. The number of hydrogen-bond donors (Lipinski definition) is 0. The lowest BCUT2D eigenvalue weighted by molar-refractivity contribution is -0.156. The first kappa shape index (κ1) is 15.1. The Labute approximate surface area is 123 Å². The SMILES string of the molecule is CCOC(=O)C(C)N(C(=O)n1cccn1)C1(C)CC=CO1. The van der Waals surface area contributed by atoms with Crippen LogP contribution < -0.4 is 0 Å². The summed E-state index contributed by atoms with van der Waals surface area (Å²) in [6.07, 6.45) is 6.85. The van der Waals surface area contributed by atoms with Gasteiger partial charge in [-0.05, 0) is 32.9 Å². The van der Waals surface area contributed by atoms with Gasteiger partial charge in [0, 0.05) is 18.8 Å². The largest absolute Gasteiger partial charge is 0.476 e. The Kier molecular flexibility index (Phi) is 4.30. The molecule has 21 heavy (non-hydrogen) atoms. The van der Waals surface area contributed by atoms with Crippen molar-refractivity contribution in [3.05, 3.63) is 30.8 Å².